The van der Waals surface area contributed by atoms with Gasteiger partial charge in [-0.2, -0.15) is 0 Å². The molecular formula is C15H17ClN2. The van der Waals surface area contributed by atoms with E-state index in [1.807, 2.05) is 12.1 Å². The molecule has 2 N–H and O–H groups in total. The SMILES string of the molecule is CCCc1ccc(C(N)c2ccc(Cl)cn2)cc1. The number of nitrogens with two attached hydrogens (primary N) is 1. The van der Waals surface area contributed by atoms with Crippen LogP contribution in [0.4, 0.5) is 0 Å². The molecule has 1 heterocycles. The maximum Gasteiger partial charge on any atom is 0.0726 e. The Kier molecular flexibility index (Phi) is 4.34. The standard InChI is InChI=1S/C15H17ClN2/c1-2-3-11-4-6-12(7-5-11)15(17)14-9-8-13(16)10-18-14/h4-10,15H,2-3,17H2,1H3. The maximum atomic E-state index is 6.18. The number of hydrogen-bond donors (Lipinski definition) is 1. The van der Waals surface area contributed by atoms with Crippen LogP contribution in [-0.2, 0) is 6.42 Å². The summed E-state index contributed by atoms with van der Waals surface area (Å²) >= 11 is 5.81. The molecule has 1 aromatic heterocycles. The minimum atomic E-state index is -0.196. The Labute approximate surface area is 113 Å². The molecule has 0 amide bonds. The van der Waals surface area contributed by atoms with Gasteiger partial charge in [0.15, 0.2) is 0 Å². The molecule has 1 aromatic carbocycles. The van der Waals surface area contributed by atoms with Gasteiger partial charge >= 0.3 is 0 Å². The molecule has 0 bridgehead atoms. The lowest BCUT2D eigenvalue weighted by molar-refractivity contribution is 0.826. The molecule has 2 nitrogen and oxygen atoms in total. The van der Waals surface area contributed by atoms with E-state index in [2.05, 4.69) is 36.2 Å². The Hall–Kier alpha value is -1.38. The molecule has 94 valence electrons. The molecule has 1 unspecified atom stereocenters. The maximum absolute atomic E-state index is 6.18. The number of benzene rings is 1. The van der Waals surface area contributed by atoms with Crippen LogP contribution in [0.15, 0.2) is 42.6 Å². The quantitative estimate of drug-likeness (QED) is 0.910. The number of hydrogen-bond acceptors (Lipinski definition) is 2. The van der Waals surface area contributed by atoms with Gasteiger partial charge in [0.25, 0.3) is 0 Å². The van der Waals surface area contributed by atoms with Gasteiger partial charge in [0.2, 0.25) is 0 Å². The highest BCUT2D eigenvalue weighted by Gasteiger charge is 2.09. The van der Waals surface area contributed by atoms with Crippen LogP contribution < -0.4 is 5.73 Å². The van der Waals surface area contributed by atoms with Crippen molar-refractivity contribution in [2.45, 2.75) is 25.8 Å². The Bertz CT molecular complexity index is 491. The average Bonchev–Trinajstić information content (AvgIpc) is 2.40. The minimum absolute atomic E-state index is 0.196. The van der Waals surface area contributed by atoms with Crippen molar-refractivity contribution in [1.29, 1.82) is 0 Å². The molecule has 0 aliphatic heterocycles. The normalized spacial score (nSPS) is 12.4. The van der Waals surface area contributed by atoms with E-state index in [-0.39, 0.29) is 6.04 Å². The third kappa shape index (κ3) is 3.09. The second-order valence-corrected chi connectivity index (χ2v) is 4.81. The molecule has 2 rings (SSSR count). The molecule has 0 aliphatic rings. The summed E-state index contributed by atoms with van der Waals surface area (Å²) in [7, 11) is 0. The first kappa shape index (κ1) is 13.1. The number of nitrogens with zero attached hydrogens (tertiary/aromatic N) is 1. The monoisotopic (exact) mass is 260 g/mol. The number of aromatic nitrogens is 1. The van der Waals surface area contributed by atoms with Crippen LogP contribution >= 0.6 is 11.6 Å². The highest BCUT2D eigenvalue weighted by atomic mass is 35.5. The smallest absolute Gasteiger partial charge is 0.0726 e. The van der Waals surface area contributed by atoms with E-state index in [4.69, 9.17) is 17.3 Å². The van der Waals surface area contributed by atoms with Crippen molar-refractivity contribution >= 4 is 11.6 Å². The summed E-state index contributed by atoms with van der Waals surface area (Å²) < 4.78 is 0. The van der Waals surface area contributed by atoms with Crippen molar-refractivity contribution in [2.75, 3.05) is 0 Å². The zero-order valence-corrected chi connectivity index (χ0v) is 11.2. The van der Waals surface area contributed by atoms with E-state index < -0.39 is 0 Å². The zero-order valence-electron chi connectivity index (χ0n) is 10.4. The van der Waals surface area contributed by atoms with E-state index in [1.165, 1.54) is 5.56 Å². The van der Waals surface area contributed by atoms with Crippen LogP contribution in [-0.4, -0.2) is 4.98 Å². The summed E-state index contributed by atoms with van der Waals surface area (Å²) in [5, 5.41) is 0.629. The van der Waals surface area contributed by atoms with Crippen LogP contribution in [0.5, 0.6) is 0 Å². The van der Waals surface area contributed by atoms with E-state index >= 15 is 0 Å². The first-order chi connectivity index (χ1) is 8.70. The molecule has 3 heteroatoms. The van der Waals surface area contributed by atoms with E-state index in [0.29, 0.717) is 5.02 Å². The molecule has 0 radical (unpaired) electrons. The van der Waals surface area contributed by atoms with Crippen LogP contribution in [0, 0.1) is 0 Å². The summed E-state index contributed by atoms with van der Waals surface area (Å²) in [6.07, 6.45) is 3.89. The Morgan fingerprint density at radius 1 is 1.17 bits per heavy atom. The summed E-state index contributed by atoms with van der Waals surface area (Å²) in [5.74, 6) is 0. The number of halogens is 1. The molecular weight excluding hydrogens is 244 g/mol. The van der Waals surface area contributed by atoms with Crippen molar-refractivity contribution in [3.63, 3.8) is 0 Å². The lowest BCUT2D eigenvalue weighted by atomic mass is 10.0. The van der Waals surface area contributed by atoms with Crippen molar-refractivity contribution in [1.82, 2.24) is 4.98 Å². The summed E-state index contributed by atoms with van der Waals surface area (Å²) in [5.41, 5.74) is 9.44. The lowest BCUT2D eigenvalue weighted by Crippen LogP contribution is -2.13. The summed E-state index contributed by atoms with van der Waals surface area (Å²) in [6.45, 7) is 2.18. The topological polar surface area (TPSA) is 38.9 Å². The fraction of sp³-hybridized carbons (Fsp3) is 0.267. The number of pyridine rings is 1. The van der Waals surface area contributed by atoms with Gasteiger partial charge < -0.3 is 5.73 Å². The van der Waals surface area contributed by atoms with Crippen LogP contribution in [0.25, 0.3) is 0 Å². The molecule has 1 atom stereocenters. The van der Waals surface area contributed by atoms with Crippen LogP contribution in [0.2, 0.25) is 5.02 Å². The third-order valence-corrected chi connectivity index (χ3v) is 3.17. The largest absolute Gasteiger partial charge is 0.319 e. The molecule has 0 saturated heterocycles. The van der Waals surface area contributed by atoms with Gasteiger partial charge in [-0.25, -0.2) is 0 Å². The third-order valence-electron chi connectivity index (χ3n) is 2.95. The first-order valence-electron chi connectivity index (χ1n) is 6.16. The van der Waals surface area contributed by atoms with Gasteiger partial charge in [-0.05, 0) is 29.7 Å². The van der Waals surface area contributed by atoms with Gasteiger partial charge in [0, 0.05) is 6.20 Å². The Morgan fingerprint density at radius 3 is 2.44 bits per heavy atom. The van der Waals surface area contributed by atoms with Gasteiger partial charge in [-0.1, -0.05) is 49.2 Å². The van der Waals surface area contributed by atoms with E-state index in [0.717, 1.165) is 24.1 Å². The molecule has 2 aromatic rings. The van der Waals surface area contributed by atoms with Gasteiger partial charge in [-0.3, -0.25) is 4.98 Å². The molecule has 0 fully saturated rings. The lowest BCUT2D eigenvalue weighted by Gasteiger charge is -2.12. The predicted molar refractivity (Wildman–Crippen MR) is 75.7 cm³/mol. The van der Waals surface area contributed by atoms with Crippen molar-refractivity contribution in [3.05, 3.63) is 64.4 Å². The van der Waals surface area contributed by atoms with E-state index in [9.17, 15) is 0 Å². The zero-order chi connectivity index (χ0) is 13.0. The predicted octanol–water partition coefficient (Wildman–Crippen LogP) is 3.74. The molecule has 18 heavy (non-hydrogen) atoms. The van der Waals surface area contributed by atoms with Crippen molar-refractivity contribution in [2.24, 2.45) is 5.73 Å². The second-order valence-electron chi connectivity index (χ2n) is 4.37. The van der Waals surface area contributed by atoms with Gasteiger partial charge in [-0.15, -0.1) is 0 Å². The number of rotatable bonds is 4. The second kappa shape index (κ2) is 5.98. The van der Waals surface area contributed by atoms with Crippen LogP contribution in [0.1, 0.15) is 36.2 Å². The van der Waals surface area contributed by atoms with Crippen molar-refractivity contribution < 1.29 is 0 Å². The molecule has 0 saturated carbocycles. The fourth-order valence-corrected chi connectivity index (χ4v) is 2.03. The highest BCUT2D eigenvalue weighted by molar-refractivity contribution is 6.30. The van der Waals surface area contributed by atoms with Gasteiger partial charge in [0.05, 0.1) is 16.8 Å². The number of aryl methyl sites for hydroxylation is 1. The van der Waals surface area contributed by atoms with E-state index in [1.54, 1.807) is 6.20 Å². The summed E-state index contributed by atoms with van der Waals surface area (Å²) in [4.78, 5) is 4.26. The Balaban J connectivity index is 2.17. The highest BCUT2D eigenvalue weighted by Crippen LogP contribution is 2.19. The average molecular weight is 261 g/mol. The first-order valence-corrected chi connectivity index (χ1v) is 6.54. The minimum Gasteiger partial charge on any atom is -0.319 e. The van der Waals surface area contributed by atoms with Crippen molar-refractivity contribution in [3.8, 4) is 0 Å². The summed E-state index contributed by atoms with van der Waals surface area (Å²) in [6, 6.07) is 11.9. The fourth-order valence-electron chi connectivity index (χ4n) is 1.92. The molecule has 0 spiro atoms. The Morgan fingerprint density at radius 2 is 1.89 bits per heavy atom. The molecule has 0 aliphatic carbocycles. The van der Waals surface area contributed by atoms with Crippen LogP contribution in [0.3, 0.4) is 0 Å². The van der Waals surface area contributed by atoms with Gasteiger partial charge in [0.1, 0.15) is 0 Å².